The standard InChI is InChI=1S/C21H25ClN2O2/c1-15-8-18(12-23)13-24(15)21(25)11-16-4-3-7-20(10-16)26-14-17-5-2-6-19(22)9-17/h2-7,9-10,15,18H,8,11-14,23H2,1H3. The second-order valence-electron chi connectivity index (χ2n) is 6.98. The predicted octanol–water partition coefficient (Wildman–Crippen LogP) is 3.66. The average molecular weight is 373 g/mol. The number of carbonyl (C=O) groups is 1. The normalized spacial score (nSPS) is 19.6. The first-order chi connectivity index (χ1) is 12.5. The summed E-state index contributed by atoms with van der Waals surface area (Å²) >= 11 is 6.00. The van der Waals surface area contributed by atoms with Crippen molar-refractivity contribution in [1.82, 2.24) is 4.90 Å². The van der Waals surface area contributed by atoms with Gasteiger partial charge in [0.25, 0.3) is 0 Å². The van der Waals surface area contributed by atoms with Gasteiger partial charge in [0.05, 0.1) is 6.42 Å². The zero-order valence-electron chi connectivity index (χ0n) is 15.0. The molecule has 138 valence electrons. The Hall–Kier alpha value is -2.04. The van der Waals surface area contributed by atoms with E-state index in [1.165, 1.54) is 0 Å². The molecule has 3 rings (SSSR count). The number of nitrogens with two attached hydrogens (primary N) is 1. The molecular formula is C21H25ClN2O2. The molecule has 0 radical (unpaired) electrons. The average Bonchev–Trinajstić information content (AvgIpc) is 3.01. The van der Waals surface area contributed by atoms with Crippen LogP contribution in [0.15, 0.2) is 48.5 Å². The van der Waals surface area contributed by atoms with E-state index in [9.17, 15) is 4.79 Å². The molecule has 1 fully saturated rings. The third-order valence-electron chi connectivity index (χ3n) is 4.86. The van der Waals surface area contributed by atoms with Crippen molar-refractivity contribution >= 4 is 17.5 Å². The molecule has 2 aromatic carbocycles. The number of rotatable bonds is 6. The number of likely N-dealkylation sites (tertiary alicyclic amines) is 1. The zero-order chi connectivity index (χ0) is 18.5. The van der Waals surface area contributed by atoms with Crippen LogP contribution in [0, 0.1) is 5.92 Å². The molecule has 0 spiro atoms. The van der Waals surface area contributed by atoms with Crippen LogP contribution in [0.1, 0.15) is 24.5 Å². The fourth-order valence-corrected chi connectivity index (χ4v) is 3.69. The van der Waals surface area contributed by atoms with Crippen molar-refractivity contribution in [2.75, 3.05) is 13.1 Å². The summed E-state index contributed by atoms with van der Waals surface area (Å²) in [5.41, 5.74) is 7.73. The van der Waals surface area contributed by atoms with Crippen molar-refractivity contribution < 1.29 is 9.53 Å². The highest BCUT2D eigenvalue weighted by molar-refractivity contribution is 6.30. The minimum Gasteiger partial charge on any atom is -0.489 e. The van der Waals surface area contributed by atoms with Gasteiger partial charge in [-0.2, -0.15) is 0 Å². The number of nitrogens with zero attached hydrogens (tertiary/aromatic N) is 1. The molecule has 2 atom stereocenters. The molecule has 1 heterocycles. The molecule has 0 aromatic heterocycles. The number of ether oxygens (including phenoxy) is 1. The molecule has 0 aliphatic carbocycles. The molecule has 1 saturated heterocycles. The highest BCUT2D eigenvalue weighted by Gasteiger charge is 2.31. The number of benzene rings is 2. The van der Waals surface area contributed by atoms with Crippen molar-refractivity contribution in [3.05, 3.63) is 64.7 Å². The van der Waals surface area contributed by atoms with Crippen LogP contribution in [-0.2, 0) is 17.8 Å². The minimum absolute atomic E-state index is 0.153. The van der Waals surface area contributed by atoms with Gasteiger partial charge in [-0.25, -0.2) is 0 Å². The summed E-state index contributed by atoms with van der Waals surface area (Å²) in [6, 6.07) is 15.6. The van der Waals surface area contributed by atoms with E-state index in [1.807, 2.05) is 53.4 Å². The van der Waals surface area contributed by atoms with E-state index in [-0.39, 0.29) is 11.9 Å². The lowest BCUT2D eigenvalue weighted by Crippen LogP contribution is -2.35. The van der Waals surface area contributed by atoms with Crippen LogP contribution in [0.4, 0.5) is 0 Å². The highest BCUT2D eigenvalue weighted by Crippen LogP contribution is 2.24. The summed E-state index contributed by atoms with van der Waals surface area (Å²) in [6.45, 7) is 3.94. The Kier molecular flexibility index (Phi) is 6.17. The summed E-state index contributed by atoms with van der Waals surface area (Å²) < 4.78 is 5.85. The molecule has 2 aromatic rings. The number of halogens is 1. The number of hydrogen-bond acceptors (Lipinski definition) is 3. The summed E-state index contributed by atoms with van der Waals surface area (Å²) in [4.78, 5) is 14.6. The lowest BCUT2D eigenvalue weighted by atomic mass is 10.1. The van der Waals surface area contributed by atoms with Crippen LogP contribution in [0.2, 0.25) is 5.02 Å². The summed E-state index contributed by atoms with van der Waals surface area (Å²) in [5, 5.41) is 0.695. The Labute approximate surface area is 159 Å². The van der Waals surface area contributed by atoms with E-state index in [1.54, 1.807) is 0 Å². The monoisotopic (exact) mass is 372 g/mol. The van der Waals surface area contributed by atoms with E-state index in [0.717, 1.165) is 29.8 Å². The van der Waals surface area contributed by atoms with Crippen molar-refractivity contribution in [3.8, 4) is 5.75 Å². The largest absolute Gasteiger partial charge is 0.489 e. The molecule has 0 saturated carbocycles. The lowest BCUT2D eigenvalue weighted by molar-refractivity contribution is -0.131. The quantitative estimate of drug-likeness (QED) is 0.841. The van der Waals surface area contributed by atoms with Crippen LogP contribution in [0.3, 0.4) is 0 Å². The fraction of sp³-hybridized carbons (Fsp3) is 0.381. The molecule has 0 bridgehead atoms. The van der Waals surface area contributed by atoms with E-state index in [0.29, 0.717) is 30.5 Å². The van der Waals surface area contributed by atoms with Gasteiger partial charge in [-0.3, -0.25) is 4.79 Å². The van der Waals surface area contributed by atoms with E-state index in [2.05, 4.69) is 6.92 Å². The van der Waals surface area contributed by atoms with Crippen molar-refractivity contribution in [2.24, 2.45) is 11.7 Å². The first-order valence-corrected chi connectivity index (χ1v) is 9.38. The third-order valence-corrected chi connectivity index (χ3v) is 5.10. The maximum atomic E-state index is 12.6. The summed E-state index contributed by atoms with van der Waals surface area (Å²) in [5.74, 6) is 1.33. The number of carbonyl (C=O) groups excluding carboxylic acids is 1. The topological polar surface area (TPSA) is 55.6 Å². The second-order valence-corrected chi connectivity index (χ2v) is 7.41. The number of amides is 1. The molecule has 1 amide bonds. The van der Waals surface area contributed by atoms with Gasteiger partial charge in [-0.15, -0.1) is 0 Å². The van der Waals surface area contributed by atoms with E-state index >= 15 is 0 Å². The zero-order valence-corrected chi connectivity index (χ0v) is 15.8. The van der Waals surface area contributed by atoms with Crippen LogP contribution < -0.4 is 10.5 Å². The first-order valence-electron chi connectivity index (χ1n) is 9.01. The molecular weight excluding hydrogens is 348 g/mol. The van der Waals surface area contributed by atoms with Crippen LogP contribution in [-0.4, -0.2) is 29.9 Å². The molecule has 2 unspecified atom stereocenters. The molecule has 26 heavy (non-hydrogen) atoms. The maximum Gasteiger partial charge on any atom is 0.227 e. The Morgan fingerprint density at radius 3 is 2.73 bits per heavy atom. The molecule has 2 N–H and O–H groups in total. The van der Waals surface area contributed by atoms with Gasteiger partial charge in [0.1, 0.15) is 12.4 Å². The Balaban J connectivity index is 1.59. The number of hydrogen-bond donors (Lipinski definition) is 1. The Morgan fingerprint density at radius 1 is 1.23 bits per heavy atom. The van der Waals surface area contributed by atoms with Gasteiger partial charge >= 0.3 is 0 Å². The van der Waals surface area contributed by atoms with E-state index in [4.69, 9.17) is 22.1 Å². The van der Waals surface area contributed by atoms with Crippen LogP contribution in [0.5, 0.6) is 5.75 Å². The van der Waals surface area contributed by atoms with Gasteiger partial charge in [-0.1, -0.05) is 35.9 Å². The Bertz CT molecular complexity index is 765. The maximum absolute atomic E-state index is 12.6. The van der Waals surface area contributed by atoms with Crippen molar-refractivity contribution in [1.29, 1.82) is 0 Å². The van der Waals surface area contributed by atoms with Gasteiger partial charge in [0.2, 0.25) is 5.91 Å². The third kappa shape index (κ3) is 4.77. The van der Waals surface area contributed by atoms with Gasteiger partial charge in [-0.05, 0) is 61.2 Å². The Morgan fingerprint density at radius 2 is 2.00 bits per heavy atom. The fourth-order valence-electron chi connectivity index (χ4n) is 3.48. The van der Waals surface area contributed by atoms with Crippen molar-refractivity contribution in [3.63, 3.8) is 0 Å². The second kappa shape index (κ2) is 8.56. The molecule has 1 aliphatic heterocycles. The first kappa shape index (κ1) is 18.7. The van der Waals surface area contributed by atoms with Crippen LogP contribution in [0.25, 0.3) is 0 Å². The minimum atomic E-state index is 0.153. The van der Waals surface area contributed by atoms with Gasteiger partial charge in [0, 0.05) is 17.6 Å². The molecule has 4 nitrogen and oxygen atoms in total. The molecule has 1 aliphatic rings. The van der Waals surface area contributed by atoms with Crippen LogP contribution >= 0.6 is 11.6 Å². The smallest absolute Gasteiger partial charge is 0.227 e. The van der Waals surface area contributed by atoms with Crippen molar-refractivity contribution in [2.45, 2.75) is 32.4 Å². The van der Waals surface area contributed by atoms with Gasteiger partial charge < -0.3 is 15.4 Å². The summed E-state index contributed by atoms with van der Waals surface area (Å²) in [7, 11) is 0. The van der Waals surface area contributed by atoms with Gasteiger partial charge in [0.15, 0.2) is 0 Å². The highest BCUT2D eigenvalue weighted by atomic mass is 35.5. The molecule has 5 heteroatoms. The predicted molar refractivity (Wildman–Crippen MR) is 104 cm³/mol. The van der Waals surface area contributed by atoms with E-state index < -0.39 is 0 Å². The lowest BCUT2D eigenvalue weighted by Gasteiger charge is -2.21. The SMILES string of the molecule is CC1CC(CN)CN1C(=O)Cc1cccc(OCc2cccc(Cl)c2)c1. The summed E-state index contributed by atoms with van der Waals surface area (Å²) in [6.07, 6.45) is 1.38.